The largest absolute Gasteiger partial charge is 0.504 e. The number of hydrogen-bond donors (Lipinski definition) is 2. The van der Waals surface area contributed by atoms with E-state index < -0.39 is 5.91 Å². The van der Waals surface area contributed by atoms with Gasteiger partial charge < -0.3 is 19.6 Å². The second-order valence-electron chi connectivity index (χ2n) is 4.02. The monoisotopic (exact) mass is 291 g/mol. The summed E-state index contributed by atoms with van der Waals surface area (Å²) in [6.45, 7) is 0.353. The van der Waals surface area contributed by atoms with Crippen LogP contribution in [0.25, 0.3) is 0 Å². The first-order chi connectivity index (χ1) is 9.60. The molecule has 0 saturated heterocycles. The van der Waals surface area contributed by atoms with E-state index in [4.69, 9.17) is 21.4 Å². The van der Waals surface area contributed by atoms with Gasteiger partial charge in [0.25, 0.3) is 5.91 Å². The first-order valence-corrected chi connectivity index (χ1v) is 6.24. The molecule has 0 bridgehead atoms. The van der Waals surface area contributed by atoms with Crippen LogP contribution in [0, 0.1) is 4.51 Å². The van der Waals surface area contributed by atoms with Crippen molar-refractivity contribution in [2.45, 2.75) is 6.54 Å². The number of benzene rings is 1. The lowest BCUT2D eigenvalue weighted by Gasteiger charge is -2.06. The smallest absolute Gasteiger partial charge is 0.287 e. The van der Waals surface area contributed by atoms with Gasteiger partial charge in [-0.2, -0.15) is 0 Å². The van der Waals surface area contributed by atoms with Gasteiger partial charge in [0.1, 0.15) is 12.0 Å². The molecule has 1 aromatic heterocycles. The van der Waals surface area contributed by atoms with Gasteiger partial charge in [0, 0.05) is 12.6 Å². The quantitative estimate of drug-likeness (QED) is 0.847. The van der Waals surface area contributed by atoms with Crippen LogP contribution in [0.5, 0.6) is 11.5 Å². The van der Waals surface area contributed by atoms with E-state index in [9.17, 15) is 9.90 Å². The van der Waals surface area contributed by atoms with Gasteiger partial charge in [-0.15, -0.1) is 0 Å². The summed E-state index contributed by atoms with van der Waals surface area (Å²) in [7, 11) is 1.59. The molecule has 20 heavy (non-hydrogen) atoms. The summed E-state index contributed by atoms with van der Waals surface area (Å²) in [4.78, 5) is 11.8. The highest BCUT2D eigenvalue weighted by Crippen LogP contribution is 2.14. The summed E-state index contributed by atoms with van der Waals surface area (Å²) in [6, 6.07) is 8.65. The molecule has 2 N–H and O–H groups in total. The fourth-order valence-corrected chi connectivity index (χ4v) is 1.69. The van der Waals surface area contributed by atoms with Crippen LogP contribution in [-0.4, -0.2) is 18.1 Å². The predicted octanol–water partition coefficient (Wildman–Crippen LogP) is 2.65. The Morgan fingerprint density at radius 3 is 2.70 bits per heavy atom. The molecule has 2 aromatic rings. The summed E-state index contributed by atoms with van der Waals surface area (Å²) < 4.78 is 10.2. The Kier molecular flexibility index (Phi) is 4.37. The van der Waals surface area contributed by atoms with Crippen LogP contribution in [0.15, 0.2) is 41.0 Å². The zero-order chi connectivity index (χ0) is 14.5. The normalized spacial score (nSPS) is 10.1. The Bertz CT molecular complexity index is 664. The van der Waals surface area contributed by atoms with E-state index in [2.05, 4.69) is 5.32 Å². The third-order valence-corrected chi connectivity index (χ3v) is 2.98. The van der Waals surface area contributed by atoms with Crippen molar-refractivity contribution in [3.05, 3.63) is 52.4 Å². The third-order valence-electron chi connectivity index (χ3n) is 2.65. The van der Waals surface area contributed by atoms with Gasteiger partial charge >= 0.3 is 0 Å². The molecule has 0 saturated carbocycles. The standard InChI is InChI=1S/C14H13NO4S/c1-18-10-4-2-9(3-5-10)7-15-14(17)12-6-13(20)11(16)8-19-12/h2-6,8,16H,7H2,1H3,(H,15,17). The average Bonchev–Trinajstić information content (AvgIpc) is 2.48. The van der Waals surface area contributed by atoms with Crippen LogP contribution < -0.4 is 10.1 Å². The van der Waals surface area contributed by atoms with Gasteiger partial charge in [0.15, 0.2) is 11.5 Å². The van der Waals surface area contributed by atoms with Crippen LogP contribution >= 0.6 is 12.2 Å². The van der Waals surface area contributed by atoms with Crippen molar-refractivity contribution in [2.75, 3.05) is 7.11 Å². The van der Waals surface area contributed by atoms with Crippen molar-refractivity contribution in [1.29, 1.82) is 0 Å². The zero-order valence-electron chi connectivity index (χ0n) is 10.8. The predicted molar refractivity (Wildman–Crippen MR) is 75.4 cm³/mol. The second kappa shape index (κ2) is 6.21. The number of methoxy groups -OCH3 is 1. The number of carbonyl (C=O) groups is 1. The van der Waals surface area contributed by atoms with E-state index in [1.807, 2.05) is 24.3 Å². The fraction of sp³-hybridized carbons (Fsp3) is 0.143. The maximum atomic E-state index is 11.8. The summed E-state index contributed by atoms with van der Waals surface area (Å²) in [5, 5.41) is 11.9. The maximum Gasteiger partial charge on any atom is 0.287 e. The van der Waals surface area contributed by atoms with Crippen LogP contribution in [0.2, 0.25) is 0 Å². The van der Waals surface area contributed by atoms with Gasteiger partial charge in [-0.05, 0) is 17.7 Å². The molecule has 0 radical (unpaired) electrons. The lowest BCUT2D eigenvalue weighted by molar-refractivity contribution is 0.0920. The summed E-state index contributed by atoms with van der Waals surface area (Å²) in [5.41, 5.74) is 0.927. The van der Waals surface area contributed by atoms with Crippen LogP contribution in [0.1, 0.15) is 16.1 Å². The lowest BCUT2D eigenvalue weighted by Crippen LogP contribution is -2.22. The number of hydrogen-bond acceptors (Lipinski definition) is 5. The van der Waals surface area contributed by atoms with Crippen molar-refractivity contribution in [3.8, 4) is 11.5 Å². The number of carbonyl (C=O) groups excluding carboxylic acids is 1. The highest BCUT2D eigenvalue weighted by atomic mass is 32.1. The number of aromatic hydroxyl groups is 1. The molecule has 0 aliphatic carbocycles. The van der Waals surface area contributed by atoms with E-state index in [1.165, 1.54) is 6.07 Å². The van der Waals surface area contributed by atoms with Crippen molar-refractivity contribution in [1.82, 2.24) is 5.32 Å². The average molecular weight is 291 g/mol. The van der Waals surface area contributed by atoms with Crippen molar-refractivity contribution < 1.29 is 19.1 Å². The Balaban J connectivity index is 2.00. The molecule has 0 atom stereocenters. The first-order valence-electron chi connectivity index (χ1n) is 5.83. The van der Waals surface area contributed by atoms with Crippen LogP contribution in [-0.2, 0) is 6.54 Å². The van der Waals surface area contributed by atoms with E-state index in [-0.39, 0.29) is 16.0 Å². The third kappa shape index (κ3) is 3.36. The van der Waals surface area contributed by atoms with Crippen LogP contribution in [0.4, 0.5) is 0 Å². The van der Waals surface area contributed by atoms with E-state index in [0.717, 1.165) is 17.6 Å². The molecule has 0 fully saturated rings. The topological polar surface area (TPSA) is 71.7 Å². The number of rotatable bonds is 4. The minimum absolute atomic E-state index is 0.0568. The highest BCUT2D eigenvalue weighted by Gasteiger charge is 2.09. The second-order valence-corrected chi connectivity index (χ2v) is 4.46. The lowest BCUT2D eigenvalue weighted by atomic mass is 10.2. The molecular weight excluding hydrogens is 278 g/mol. The molecule has 0 unspecified atom stereocenters. The molecule has 1 amide bonds. The minimum Gasteiger partial charge on any atom is -0.504 e. The number of ether oxygens (including phenoxy) is 1. The summed E-state index contributed by atoms with van der Waals surface area (Å²) >= 11 is 4.86. The number of nitrogens with one attached hydrogen (secondary N) is 1. The molecule has 1 aromatic carbocycles. The van der Waals surface area contributed by atoms with E-state index in [1.54, 1.807) is 7.11 Å². The van der Waals surface area contributed by atoms with Gasteiger partial charge in [-0.3, -0.25) is 4.79 Å². The minimum atomic E-state index is -0.396. The van der Waals surface area contributed by atoms with Crippen LogP contribution in [0.3, 0.4) is 0 Å². The zero-order valence-corrected chi connectivity index (χ0v) is 11.6. The van der Waals surface area contributed by atoms with Crippen molar-refractivity contribution >= 4 is 18.1 Å². The van der Waals surface area contributed by atoms with E-state index in [0.29, 0.717) is 6.54 Å². The van der Waals surface area contributed by atoms with Crippen molar-refractivity contribution in [2.24, 2.45) is 0 Å². The Morgan fingerprint density at radius 1 is 1.40 bits per heavy atom. The molecule has 6 heteroatoms. The number of amides is 1. The molecule has 2 rings (SSSR count). The molecule has 1 heterocycles. The fourth-order valence-electron chi connectivity index (χ4n) is 1.54. The molecule has 104 valence electrons. The molecule has 5 nitrogen and oxygen atoms in total. The molecule has 0 aliphatic rings. The Morgan fingerprint density at radius 2 is 2.10 bits per heavy atom. The highest BCUT2D eigenvalue weighted by molar-refractivity contribution is 7.71. The van der Waals surface area contributed by atoms with Gasteiger partial charge in [-0.25, -0.2) is 0 Å². The van der Waals surface area contributed by atoms with Crippen molar-refractivity contribution in [3.63, 3.8) is 0 Å². The Labute approximate surface area is 120 Å². The molecule has 0 aliphatic heterocycles. The first kappa shape index (κ1) is 14.1. The summed E-state index contributed by atoms with van der Waals surface area (Å²) in [5.74, 6) is 0.254. The van der Waals surface area contributed by atoms with Gasteiger partial charge in [0.2, 0.25) is 0 Å². The Hall–Kier alpha value is -2.34. The molecule has 0 spiro atoms. The van der Waals surface area contributed by atoms with E-state index >= 15 is 0 Å². The SMILES string of the molecule is COc1ccc(CNC(=O)c2cc(=S)c(O)co2)cc1. The summed E-state index contributed by atoms with van der Waals surface area (Å²) in [6.07, 6.45) is 1.05. The van der Waals surface area contributed by atoms with Gasteiger partial charge in [-0.1, -0.05) is 24.4 Å². The maximum absolute atomic E-state index is 11.8. The molecular formula is C14H13NO4S. The van der Waals surface area contributed by atoms with Gasteiger partial charge in [0.05, 0.1) is 11.6 Å².